The van der Waals surface area contributed by atoms with Gasteiger partial charge in [0.2, 0.25) is 0 Å². The average molecular weight is 312 g/mol. The lowest BCUT2D eigenvalue weighted by molar-refractivity contribution is 0.415. The van der Waals surface area contributed by atoms with Crippen LogP contribution in [0.3, 0.4) is 0 Å². The van der Waals surface area contributed by atoms with Crippen molar-refractivity contribution in [2.45, 2.75) is 0 Å². The van der Waals surface area contributed by atoms with Crippen LogP contribution in [0.4, 0.5) is 0 Å². The third kappa shape index (κ3) is 2.50. The molecule has 0 saturated heterocycles. The van der Waals surface area contributed by atoms with E-state index < -0.39 is 0 Å². The molecule has 0 bridgehead atoms. The average Bonchev–Trinajstić information content (AvgIpc) is 2.97. The smallest absolute Gasteiger partial charge is 0.118 e. The van der Waals surface area contributed by atoms with Crippen LogP contribution in [0.15, 0.2) is 78.1 Å². The van der Waals surface area contributed by atoms with Gasteiger partial charge in [-0.05, 0) is 41.5 Å². The van der Waals surface area contributed by atoms with E-state index >= 15 is 0 Å². The van der Waals surface area contributed by atoms with Crippen molar-refractivity contribution in [3.8, 4) is 17.0 Å². The lowest BCUT2D eigenvalue weighted by Gasteiger charge is -2.00. The minimum atomic E-state index is 0.843. The van der Waals surface area contributed by atoms with E-state index in [0.717, 1.165) is 28.1 Å². The Morgan fingerprint density at radius 3 is 2.42 bits per heavy atom. The molecule has 0 saturated carbocycles. The number of benzene rings is 2. The highest BCUT2D eigenvalue weighted by atomic mass is 16.5. The van der Waals surface area contributed by atoms with Crippen LogP contribution in [-0.2, 0) is 0 Å². The van der Waals surface area contributed by atoms with Crippen molar-refractivity contribution in [3.05, 3.63) is 89.8 Å². The second-order valence-corrected chi connectivity index (χ2v) is 5.54. The number of ether oxygens (including phenoxy) is 1. The topological polar surface area (TPSA) is 34.5 Å². The quantitative estimate of drug-likeness (QED) is 0.519. The van der Waals surface area contributed by atoms with Crippen LogP contribution in [0.5, 0.6) is 5.75 Å². The van der Waals surface area contributed by atoms with Gasteiger partial charge in [0.25, 0.3) is 0 Å². The first kappa shape index (κ1) is 14.4. The lowest BCUT2D eigenvalue weighted by atomic mass is 10.1. The second kappa shape index (κ2) is 6.13. The number of aromatic nitrogens is 1. The molecule has 1 heterocycles. The van der Waals surface area contributed by atoms with E-state index in [9.17, 15) is 0 Å². The molecule has 0 spiro atoms. The molecule has 3 heteroatoms. The molecule has 116 valence electrons. The highest BCUT2D eigenvalue weighted by Crippen LogP contribution is 2.42. The maximum atomic E-state index is 5.17. The van der Waals surface area contributed by atoms with E-state index in [-0.39, 0.29) is 0 Å². The Balaban J connectivity index is 1.70. The van der Waals surface area contributed by atoms with Gasteiger partial charge >= 0.3 is 0 Å². The van der Waals surface area contributed by atoms with Gasteiger partial charge in [0.05, 0.1) is 12.8 Å². The second-order valence-electron chi connectivity index (χ2n) is 5.54. The first-order valence-electron chi connectivity index (χ1n) is 7.79. The first-order valence-corrected chi connectivity index (χ1v) is 7.79. The maximum Gasteiger partial charge on any atom is 0.118 e. The summed E-state index contributed by atoms with van der Waals surface area (Å²) < 4.78 is 5.17. The normalized spacial score (nSPS) is 14.0. The molecule has 3 nitrogen and oxygen atoms in total. The Morgan fingerprint density at radius 1 is 0.875 bits per heavy atom. The number of aliphatic imine (C=N–C) groups is 1. The molecule has 2 aromatic carbocycles. The number of nitrogens with zero attached hydrogens (tertiary/aromatic N) is 2. The Hall–Kier alpha value is -3.20. The van der Waals surface area contributed by atoms with E-state index in [1.54, 1.807) is 7.11 Å². The molecular weight excluding hydrogens is 296 g/mol. The minimum Gasteiger partial charge on any atom is -0.497 e. The molecule has 0 fully saturated rings. The SMILES string of the molecule is COc1ccc(C=NC=C2c3ccccc3-c3ncccc32)cc1. The van der Waals surface area contributed by atoms with Crippen LogP contribution in [0, 0.1) is 0 Å². The summed E-state index contributed by atoms with van der Waals surface area (Å²) in [7, 11) is 1.66. The van der Waals surface area contributed by atoms with Gasteiger partial charge in [-0.15, -0.1) is 0 Å². The zero-order valence-corrected chi connectivity index (χ0v) is 13.3. The molecule has 3 aromatic rings. The zero-order valence-electron chi connectivity index (χ0n) is 13.3. The zero-order chi connectivity index (χ0) is 16.4. The van der Waals surface area contributed by atoms with Crippen molar-refractivity contribution in [3.63, 3.8) is 0 Å². The first-order chi connectivity index (χ1) is 11.9. The Kier molecular flexibility index (Phi) is 3.67. The van der Waals surface area contributed by atoms with Crippen molar-refractivity contribution in [1.29, 1.82) is 0 Å². The molecule has 0 aliphatic heterocycles. The summed E-state index contributed by atoms with van der Waals surface area (Å²) in [5, 5.41) is 0. The van der Waals surface area contributed by atoms with Crippen LogP contribution in [-0.4, -0.2) is 18.3 Å². The molecular formula is C21H16N2O. The van der Waals surface area contributed by atoms with Crippen molar-refractivity contribution in [2.75, 3.05) is 7.11 Å². The molecule has 0 atom stereocenters. The fraction of sp³-hybridized carbons (Fsp3) is 0.0476. The fourth-order valence-corrected chi connectivity index (χ4v) is 2.93. The molecule has 0 unspecified atom stereocenters. The van der Waals surface area contributed by atoms with Crippen LogP contribution in [0.1, 0.15) is 16.7 Å². The summed E-state index contributed by atoms with van der Waals surface area (Å²) in [6, 6.07) is 20.2. The van der Waals surface area contributed by atoms with Gasteiger partial charge in [-0.1, -0.05) is 30.3 Å². The van der Waals surface area contributed by atoms with Crippen molar-refractivity contribution in [2.24, 2.45) is 4.99 Å². The molecule has 0 amide bonds. The Bertz CT molecular complexity index is 893. The van der Waals surface area contributed by atoms with Crippen molar-refractivity contribution >= 4 is 11.8 Å². The van der Waals surface area contributed by atoms with Gasteiger partial charge in [-0.2, -0.15) is 0 Å². The molecule has 0 N–H and O–H groups in total. The van der Waals surface area contributed by atoms with Crippen molar-refractivity contribution < 1.29 is 4.74 Å². The lowest BCUT2D eigenvalue weighted by Crippen LogP contribution is -1.85. The van der Waals surface area contributed by atoms with E-state index in [2.05, 4.69) is 28.2 Å². The summed E-state index contributed by atoms with van der Waals surface area (Å²) in [6.45, 7) is 0. The number of rotatable bonds is 3. The van der Waals surface area contributed by atoms with Gasteiger partial charge in [-0.3, -0.25) is 9.98 Å². The fourth-order valence-electron chi connectivity index (χ4n) is 2.93. The standard InChI is InChI=1S/C21H16N2O/c1-24-16-10-8-15(9-11-16)13-22-14-20-17-5-2-3-6-18(17)21-19(20)7-4-12-23-21/h2-14H,1H3. The molecule has 24 heavy (non-hydrogen) atoms. The van der Waals surface area contributed by atoms with Gasteiger partial charge in [-0.25, -0.2) is 0 Å². The number of hydrogen-bond donors (Lipinski definition) is 0. The summed E-state index contributed by atoms with van der Waals surface area (Å²) >= 11 is 0. The van der Waals surface area contributed by atoms with Gasteiger partial charge in [0.1, 0.15) is 5.75 Å². The monoisotopic (exact) mass is 312 g/mol. The molecule has 0 radical (unpaired) electrons. The number of pyridine rings is 1. The third-order valence-corrected chi connectivity index (χ3v) is 4.11. The van der Waals surface area contributed by atoms with E-state index in [1.165, 1.54) is 11.1 Å². The van der Waals surface area contributed by atoms with Crippen LogP contribution in [0.25, 0.3) is 16.8 Å². The van der Waals surface area contributed by atoms with E-state index in [4.69, 9.17) is 4.74 Å². The summed E-state index contributed by atoms with van der Waals surface area (Å²) in [6.07, 6.45) is 5.60. The van der Waals surface area contributed by atoms with Crippen LogP contribution >= 0.6 is 0 Å². The predicted octanol–water partition coefficient (Wildman–Crippen LogP) is 4.58. The summed E-state index contributed by atoms with van der Waals surface area (Å²) in [5.41, 5.74) is 6.64. The van der Waals surface area contributed by atoms with Gasteiger partial charge in [0, 0.05) is 35.3 Å². The highest BCUT2D eigenvalue weighted by Gasteiger charge is 2.23. The van der Waals surface area contributed by atoms with Crippen molar-refractivity contribution in [1.82, 2.24) is 4.98 Å². The molecule has 4 rings (SSSR count). The maximum absolute atomic E-state index is 5.17. The predicted molar refractivity (Wildman–Crippen MR) is 97.3 cm³/mol. The van der Waals surface area contributed by atoms with E-state index in [0.29, 0.717) is 0 Å². The Labute approximate surface area is 141 Å². The molecule has 1 aliphatic carbocycles. The molecule has 1 aromatic heterocycles. The third-order valence-electron chi connectivity index (χ3n) is 4.11. The highest BCUT2D eigenvalue weighted by molar-refractivity contribution is 5.99. The number of hydrogen-bond acceptors (Lipinski definition) is 3. The summed E-state index contributed by atoms with van der Waals surface area (Å²) in [4.78, 5) is 9.05. The van der Waals surface area contributed by atoms with E-state index in [1.807, 2.05) is 61.1 Å². The minimum absolute atomic E-state index is 0.843. The van der Waals surface area contributed by atoms with Crippen LogP contribution in [0.2, 0.25) is 0 Å². The molecule has 1 aliphatic rings. The Morgan fingerprint density at radius 2 is 1.62 bits per heavy atom. The number of fused-ring (bicyclic) bond motifs is 3. The number of methoxy groups -OCH3 is 1. The van der Waals surface area contributed by atoms with Gasteiger partial charge in [0.15, 0.2) is 0 Å². The van der Waals surface area contributed by atoms with Crippen LogP contribution < -0.4 is 4.74 Å². The summed E-state index contributed by atoms with van der Waals surface area (Å²) in [5.74, 6) is 0.843. The largest absolute Gasteiger partial charge is 0.497 e. The van der Waals surface area contributed by atoms with Gasteiger partial charge < -0.3 is 4.74 Å².